The maximum atomic E-state index is 12.6. The van der Waals surface area contributed by atoms with Gasteiger partial charge in [0.05, 0.1) is 5.71 Å². The summed E-state index contributed by atoms with van der Waals surface area (Å²) in [5.74, 6) is 3.64. The lowest BCUT2D eigenvalue weighted by molar-refractivity contribution is -0.138. The monoisotopic (exact) mass is 386 g/mol. The number of carbonyl (C=O) groups excluding carboxylic acids is 1. The van der Waals surface area contributed by atoms with Gasteiger partial charge in [0.1, 0.15) is 11.9 Å². The van der Waals surface area contributed by atoms with Gasteiger partial charge in [-0.05, 0) is 93.4 Å². The number of Topliss-reactive ketones (excluding diaryl/α,β-unsaturated/α-hetero) is 1. The Hall–Kier alpha value is -0.900. The lowest BCUT2D eigenvalue weighted by Gasteiger charge is -2.60. The van der Waals surface area contributed by atoms with Gasteiger partial charge in [0, 0.05) is 24.8 Å². The van der Waals surface area contributed by atoms with E-state index in [4.69, 9.17) is 4.84 Å². The normalized spacial score (nSPS) is 49.6. The lowest BCUT2D eigenvalue weighted by Crippen LogP contribution is -2.54. The number of fused-ring (bicyclic) bond motifs is 5. The molecule has 4 saturated carbocycles. The highest BCUT2D eigenvalue weighted by atomic mass is 16.6. The first-order valence-corrected chi connectivity index (χ1v) is 12.0. The van der Waals surface area contributed by atoms with Crippen molar-refractivity contribution in [2.45, 2.75) is 90.6 Å². The first-order valence-electron chi connectivity index (χ1n) is 12.0. The molecule has 0 amide bonds. The summed E-state index contributed by atoms with van der Waals surface area (Å²) in [6, 6.07) is 0. The summed E-state index contributed by atoms with van der Waals surface area (Å²) in [6.45, 7) is 6.74. The molecule has 5 rings (SSSR count). The fraction of sp³-hybridized carbons (Fsp3) is 0.917. The van der Waals surface area contributed by atoms with Crippen LogP contribution in [0.3, 0.4) is 0 Å². The van der Waals surface area contributed by atoms with Crippen LogP contribution in [0.25, 0.3) is 0 Å². The topological polar surface area (TPSA) is 50.7 Å². The van der Waals surface area contributed by atoms with Gasteiger partial charge in [-0.2, -0.15) is 0 Å². The van der Waals surface area contributed by atoms with Crippen LogP contribution in [0.5, 0.6) is 0 Å². The zero-order valence-electron chi connectivity index (χ0n) is 17.8. The molecule has 4 heteroatoms. The number of rotatable bonds is 3. The summed E-state index contributed by atoms with van der Waals surface area (Å²) in [5, 5.41) is 7.99. The number of hydrogen-bond donors (Lipinski definition) is 1. The third-order valence-corrected chi connectivity index (χ3v) is 9.91. The molecule has 5 aliphatic rings. The number of nitrogens with zero attached hydrogens (tertiary/aromatic N) is 1. The van der Waals surface area contributed by atoms with Gasteiger partial charge >= 0.3 is 0 Å². The summed E-state index contributed by atoms with van der Waals surface area (Å²) in [7, 11) is 0. The average Bonchev–Trinajstić information content (AvgIpc) is 3.34. The van der Waals surface area contributed by atoms with Gasteiger partial charge < -0.3 is 10.2 Å². The Morgan fingerprint density at radius 1 is 1.11 bits per heavy atom. The van der Waals surface area contributed by atoms with E-state index in [1.165, 1.54) is 37.8 Å². The van der Waals surface area contributed by atoms with Crippen molar-refractivity contribution in [3.8, 4) is 0 Å². The Morgan fingerprint density at radius 3 is 2.79 bits per heavy atom. The first kappa shape index (κ1) is 19.1. The predicted molar refractivity (Wildman–Crippen MR) is 111 cm³/mol. The summed E-state index contributed by atoms with van der Waals surface area (Å²) in [4.78, 5) is 18.5. The molecule has 1 saturated heterocycles. The van der Waals surface area contributed by atoms with Gasteiger partial charge in [0.2, 0.25) is 0 Å². The Balaban J connectivity index is 1.33. The predicted octanol–water partition coefficient (Wildman–Crippen LogP) is 4.72. The zero-order valence-corrected chi connectivity index (χ0v) is 17.8. The molecule has 0 radical (unpaired) electrons. The minimum absolute atomic E-state index is 0.00732. The van der Waals surface area contributed by atoms with Crippen LogP contribution in [0, 0.1) is 34.5 Å². The second-order valence-electron chi connectivity index (χ2n) is 10.7. The Kier molecular flexibility index (Phi) is 4.84. The molecular weight excluding hydrogens is 348 g/mol. The quantitative estimate of drug-likeness (QED) is 0.714. The van der Waals surface area contributed by atoms with Crippen molar-refractivity contribution < 1.29 is 9.63 Å². The van der Waals surface area contributed by atoms with Gasteiger partial charge in [-0.1, -0.05) is 19.0 Å². The van der Waals surface area contributed by atoms with Crippen molar-refractivity contribution in [2.75, 3.05) is 13.1 Å². The molecule has 1 N–H and O–H groups in total. The highest BCUT2D eigenvalue weighted by molar-refractivity contribution is 5.87. The van der Waals surface area contributed by atoms with E-state index in [-0.39, 0.29) is 11.5 Å². The van der Waals surface area contributed by atoms with Crippen LogP contribution in [-0.4, -0.2) is 30.7 Å². The van der Waals surface area contributed by atoms with Crippen molar-refractivity contribution in [3.63, 3.8) is 0 Å². The Morgan fingerprint density at radius 2 is 2.00 bits per heavy atom. The smallest absolute Gasteiger partial charge is 0.141 e. The summed E-state index contributed by atoms with van der Waals surface area (Å²) < 4.78 is 0. The van der Waals surface area contributed by atoms with E-state index in [1.54, 1.807) is 0 Å². The molecule has 1 heterocycles. The van der Waals surface area contributed by atoms with Crippen LogP contribution in [0.4, 0.5) is 0 Å². The van der Waals surface area contributed by atoms with Crippen LogP contribution in [0.1, 0.15) is 84.5 Å². The third-order valence-electron chi connectivity index (χ3n) is 9.91. The molecule has 0 aromatic carbocycles. The molecular formula is C24H38N2O2. The Bertz CT molecular complexity index is 655. The molecule has 0 spiro atoms. The van der Waals surface area contributed by atoms with Crippen LogP contribution >= 0.6 is 0 Å². The number of ketones is 1. The summed E-state index contributed by atoms with van der Waals surface area (Å²) in [5.41, 5.74) is 1.81. The van der Waals surface area contributed by atoms with Gasteiger partial charge in [0.25, 0.3) is 0 Å². The Labute approximate surface area is 170 Å². The molecule has 1 aliphatic heterocycles. The van der Waals surface area contributed by atoms with E-state index < -0.39 is 0 Å². The molecule has 0 bridgehead atoms. The zero-order chi connectivity index (χ0) is 19.4. The molecule has 0 aromatic rings. The van der Waals surface area contributed by atoms with E-state index >= 15 is 0 Å². The van der Waals surface area contributed by atoms with Crippen LogP contribution in [-0.2, 0) is 9.63 Å². The van der Waals surface area contributed by atoms with Crippen molar-refractivity contribution in [3.05, 3.63) is 0 Å². The SMILES string of the molecule is CC[C@]12CCC(=NOC3CCNC3)C[C@@H]1CCC1C2CC[C@]2(C)C(=O)CCC12. The van der Waals surface area contributed by atoms with E-state index in [9.17, 15) is 4.79 Å². The van der Waals surface area contributed by atoms with Crippen LogP contribution < -0.4 is 5.32 Å². The van der Waals surface area contributed by atoms with E-state index in [2.05, 4.69) is 24.3 Å². The van der Waals surface area contributed by atoms with Gasteiger partial charge in [-0.15, -0.1) is 0 Å². The molecule has 28 heavy (non-hydrogen) atoms. The maximum Gasteiger partial charge on any atom is 0.141 e. The molecule has 4 nitrogen and oxygen atoms in total. The third kappa shape index (κ3) is 2.80. The fourth-order valence-electron chi connectivity index (χ4n) is 8.29. The van der Waals surface area contributed by atoms with Crippen molar-refractivity contribution in [1.29, 1.82) is 0 Å². The molecule has 156 valence electrons. The number of hydrogen-bond acceptors (Lipinski definition) is 4. The number of carbonyl (C=O) groups is 1. The van der Waals surface area contributed by atoms with E-state index in [0.717, 1.165) is 69.4 Å². The van der Waals surface area contributed by atoms with Crippen LogP contribution in [0.2, 0.25) is 0 Å². The summed E-state index contributed by atoms with van der Waals surface area (Å²) >= 11 is 0. The molecule has 5 fully saturated rings. The molecule has 0 aromatic heterocycles. The standard InChI is InChI=1S/C24H38N2O2/c1-3-24-12-8-17(26-28-18-10-13-25-15-18)14-16(24)4-5-19-20-6-7-22(27)23(20,2)11-9-21(19)24/h16,18-21,25H,3-15H2,1-2H3/t16-,18?,19?,20?,21?,23-,24-/m0/s1. The second kappa shape index (κ2) is 7.11. The first-order chi connectivity index (χ1) is 13.6. The number of nitrogens with one attached hydrogen (secondary N) is 1. The number of oxime groups is 1. The van der Waals surface area contributed by atoms with Gasteiger partial charge in [-0.25, -0.2) is 0 Å². The molecule has 7 atom stereocenters. The van der Waals surface area contributed by atoms with E-state index in [0.29, 0.717) is 17.1 Å². The largest absolute Gasteiger partial charge is 0.391 e. The minimum Gasteiger partial charge on any atom is -0.391 e. The van der Waals surface area contributed by atoms with Crippen molar-refractivity contribution in [2.24, 2.45) is 39.7 Å². The highest BCUT2D eigenvalue weighted by Crippen LogP contribution is 2.66. The second-order valence-corrected chi connectivity index (χ2v) is 10.7. The van der Waals surface area contributed by atoms with E-state index in [1.807, 2.05) is 0 Å². The lowest BCUT2D eigenvalue weighted by atomic mass is 9.44. The summed E-state index contributed by atoms with van der Waals surface area (Å²) in [6.07, 6.45) is 13.3. The highest BCUT2D eigenvalue weighted by Gasteiger charge is 2.60. The van der Waals surface area contributed by atoms with Gasteiger partial charge in [0.15, 0.2) is 0 Å². The average molecular weight is 387 g/mol. The van der Waals surface area contributed by atoms with Crippen molar-refractivity contribution >= 4 is 11.5 Å². The maximum absolute atomic E-state index is 12.6. The van der Waals surface area contributed by atoms with Gasteiger partial charge in [-0.3, -0.25) is 4.79 Å². The fourth-order valence-corrected chi connectivity index (χ4v) is 8.29. The minimum atomic E-state index is 0.00732. The molecule has 4 unspecified atom stereocenters. The molecule has 4 aliphatic carbocycles. The van der Waals surface area contributed by atoms with Crippen LogP contribution in [0.15, 0.2) is 5.16 Å². The van der Waals surface area contributed by atoms with Crippen molar-refractivity contribution in [1.82, 2.24) is 5.32 Å².